The van der Waals surface area contributed by atoms with Crippen LogP contribution in [0.15, 0.2) is 48.2 Å². The van der Waals surface area contributed by atoms with Crippen LogP contribution in [0.3, 0.4) is 0 Å². The highest BCUT2D eigenvalue weighted by atomic mass is 19.4. The molecule has 0 aromatic heterocycles. The number of nitrogens with one attached hydrogen (secondary N) is 1. The van der Waals surface area contributed by atoms with E-state index in [1.165, 1.54) is 0 Å². The Morgan fingerprint density at radius 3 is 2.64 bits per heavy atom. The summed E-state index contributed by atoms with van der Waals surface area (Å²) in [6.07, 6.45) is -3.13. The summed E-state index contributed by atoms with van der Waals surface area (Å²) < 4.78 is 37.8. The van der Waals surface area contributed by atoms with E-state index in [9.17, 15) is 18.0 Å². The van der Waals surface area contributed by atoms with Gasteiger partial charge in [-0.1, -0.05) is 25.6 Å². The van der Waals surface area contributed by atoms with Crippen LogP contribution in [0.5, 0.6) is 0 Å². The molecule has 3 N–H and O–H groups in total. The van der Waals surface area contributed by atoms with Gasteiger partial charge in [0.25, 0.3) is 0 Å². The largest absolute Gasteiger partial charge is 0.415 e. The number of halogens is 3. The Balaban J connectivity index is 3.07. The van der Waals surface area contributed by atoms with Gasteiger partial charge < -0.3 is 11.1 Å². The molecule has 0 saturated heterocycles. The monoisotopic (exact) mass is 312 g/mol. The summed E-state index contributed by atoms with van der Waals surface area (Å²) in [7, 11) is 0. The Kier molecular flexibility index (Phi) is 6.37. The van der Waals surface area contributed by atoms with E-state index in [1.807, 2.05) is 0 Å². The van der Waals surface area contributed by atoms with Crippen LogP contribution < -0.4 is 11.1 Å². The molecule has 1 aromatic carbocycles. The van der Waals surface area contributed by atoms with Gasteiger partial charge in [0, 0.05) is 18.7 Å². The standard InChI is InChI=1S/C16H19F3N2O/c1-3-5-15(22)14(8-11(2)16(17,18)19)21-13-7-4-6-12(9-13)10-20/h4,6-9,21H,2-3,5,10,20H2,1H3/b14-8-. The highest BCUT2D eigenvalue weighted by molar-refractivity contribution is 5.98. The Morgan fingerprint density at radius 1 is 1.41 bits per heavy atom. The van der Waals surface area contributed by atoms with E-state index in [4.69, 9.17) is 5.73 Å². The first-order valence-corrected chi connectivity index (χ1v) is 6.85. The third-order valence-corrected chi connectivity index (χ3v) is 2.90. The second kappa shape index (κ2) is 7.79. The van der Waals surface area contributed by atoms with Gasteiger partial charge in [-0.25, -0.2) is 0 Å². The zero-order chi connectivity index (χ0) is 16.8. The van der Waals surface area contributed by atoms with Gasteiger partial charge in [-0.3, -0.25) is 4.79 Å². The number of carbonyl (C=O) groups excluding carboxylic acids is 1. The zero-order valence-corrected chi connectivity index (χ0v) is 12.3. The average Bonchev–Trinajstić information content (AvgIpc) is 2.46. The number of alkyl halides is 3. The van der Waals surface area contributed by atoms with Crippen LogP contribution >= 0.6 is 0 Å². The minimum Gasteiger partial charge on any atom is -0.353 e. The number of anilines is 1. The molecule has 0 heterocycles. The van der Waals surface area contributed by atoms with Gasteiger partial charge >= 0.3 is 6.18 Å². The van der Waals surface area contributed by atoms with Gasteiger partial charge in [0.2, 0.25) is 0 Å². The predicted molar refractivity (Wildman–Crippen MR) is 81.1 cm³/mol. The van der Waals surface area contributed by atoms with Crippen LogP contribution in [0.2, 0.25) is 0 Å². The van der Waals surface area contributed by atoms with E-state index in [0.29, 0.717) is 18.7 Å². The van der Waals surface area contributed by atoms with Crippen molar-refractivity contribution in [2.24, 2.45) is 5.73 Å². The molecule has 0 amide bonds. The van der Waals surface area contributed by atoms with Gasteiger partial charge in [0.05, 0.1) is 11.3 Å². The van der Waals surface area contributed by atoms with Crippen LogP contribution in [-0.4, -0.2) is 12.0 Å². The van der Waals surface area contributed by atoms with Crippen molar-refractivity contribution >= 4 is 11.5 Å². The first-order chi connectivity index (χ1) is 10.3. The molecule has 3 nitrogen and oxygen atoms in total. The van der Waals surface area contributed by atoms with Gasteiger partial charge in [-0.05, 0) is 30.2 Å². The van der Waals surface area contributed by atoms with Gasteiger partial charge in [0.15, 0.2) is 5.78 Å². The minimum atomic E-state index is -4.57. The summed E-state index contributed by atoms with van der Waals surface area (Å²) in [5.74, 6) is -0.397. The second-order valence-corrected chi connectivity index (χ2v) is 4.78. The molecule has 0 aliphatic rings. The Hall–Kier alpha value is -2.08. The zero-order valence-electron chi connectivity index (χ0n) is 12.3. The molecule has 0 aliphatic carbocycles. The third-order valence-electron chi connectivity index (χ3n) is 2.90. The number of hydrogen-bond donors (Lipinski definition) is 2. The van der Waals surface area contributed by atoms with E-state index >= 15 is 0 Å². The lowest BCUT2D eigenvalue weighted by atomic mass is 10.1. The molecule has 1 rings (SSSR count). The molecule has 120 valence electrons. The summed E-state index contributed by atoms with van der Waals surface area (Å²) >= 11 is 0. The highest BCUT2D eigenvalue weighted by Crippen LogP contribution is 2.26. The Labute approximate surface area is 127 Å². The third kappa shape index (κ3) is 5.37. The van der Waals surface area contributed by atoms with Crippen molar-refractivity contribution in [1.82, 2.24) is 0 Å². The van der Waals surface area contributed by atoms with Crippen LogP contribution in [0.4, 0.5) is 18.9 Å². The predicted octanol–water partition coefficient (Wildman–Crippen LogP) is 3.93. The maximum absolute atomic E-state index is 12.6. The minimum absolute atomic E-state index is 0.127. The molecular weight excluding hydrogens is 293 g/mol. The smallest absolute Gasteiger partial charge is 0.353 e. The molecule has 0 bridgehead atoms. The number of nitrogens with two attached hydrogens (primary N) is 1. The van der Waals surface area contributed by atoms with Gasteiger partial charge in [0.1, 0.15) is 0 Å². The Morgan fingerprint density at radius 2 is 2.09 bits per heavy atom. The van der Waals surface area contributed by atoms with Crippen molar-refractivity contribution in [3.63, 3.8) is 0 Å². The number of ketones is 1. The molecule has 0 atom stereocenters. The molecule has 0 fully saturated rings. The van der Waals surface area contributed by atoms with Crippen LogP contribution in [0.25, 0.3) is 0 Å². The van der Waals surface area contributed by atoms with Crippen LogP contribution in [-0.2, 0) is 11.3 Å². The second-order valence-electron chi connectivity index (χ2n) is 4.78. The van der Waals surface area contributed by atoms with Gasteiger partial charge in [-0.15, -0.1) is 0 Å². The average molecular weight is 312 g/mol. The number of benzene rings is 1. The molecular formula is C16H19F3N2O. The molecule has 6 heteroatoms. The maximum atomic E-state index is 12.6. The van der Waals surface area contributed by atoms with E-state index in [2.05, 4.69) is 11.9 Å². The molecule has 0 spiro atoms. The molecule has 0 unspecified atom stereocenters. The number of hydrogen-bond acceptors (Lipinski definition) is 3. The van der Waals surface area contributed by atoms with Crippen molar-refractivity contribution < 1.29 is 18.0 Å². The maximum Gasteiger partial charge on any atom is 0.415 e. The molecule has 0 aliphatic heterocycles. The number of allylic oxidation sites excluding steroid dienone is 3. The lowest BCUT2D eigenvalue weighted by Gasteiger charge is -2.13. The molecule has 0 radical (unpaired) electrons. The SMILES string of the molecule is C=C(/C=C(\Nc1cccc(CN)c1)C(=O)CCC)C(F)(F)F. The topological polar surface area (TPSA) is 55.1 Å². The fourth-order valence-corrected chi connectivity index (χ4v) is 1.74. The normalized spacial score (nSPS) is 12.1. The number of Topliss-reactive ketones (excluding diaryl/α,β-unsaturated/α-hetero) is 1. The van der Waals surface area contributed by atoms with E-state index in [-0.39, 0.29) is 12.1 Å². The van der Waals surface area contributed by atoms with E-state index < -0.39 is 17.5 Å². The number of rotatable bonds is 7. The fraction of sp³-hybridized carbons (Fsp3) is 0.312. The summed E-state index contributed by atoms with van der Waals surface area (Å²) in [4.78, 5) is 12.0. The summed E-state index contributed by atoms with van der Waals surface area (Å²) in [5.41, 5.74) is 5.64. The molecule has 1 aromatic rings. The lowest BCUT2D eigenvalue weighted by molar-refractivity contribution is -0.115. The van der Waals surface area contributed by atoms with Crippen molar-refractivity contribution in [2.45, 2.75) is 32.5 Å². The fourth-order valence-electron chi connectivity index (χ4n) is 1.74. The van der Waals surface area contributed by atoms with Crippen molar-refractivity contribution in [3.05, 3.63) is 53.8 Å². The van der Waals surface area contributed by atoms with E-state index in [1.54, 1.807) is 31.2 Å². The first-order valence-electron chi connectivity index (χ1n) is 6.85. The van der Waals surface area contributed by atoms with Crippen molar-refractivity contribution in [1.29, 1.82) is 0 Å². The van der Waals surface area contributed by atoms with Gasteiger partial charge in [-0.2, -0.15) is 13.2 Å². The van der Waals surface area contributed by atoms with Crippen molar-refractivity contribution in [3.8, 4) is 0 Å². The van der Waals surface area contributed by atoms with E-state index in [0.717, 1.165) is 11.6 Å². The lowest BCUT2D eigenvalue weighted by Crippen LogP contribution is -2.15. The summed E-state index contributed by atoms with van der Waals surface area (Å²) in [6.45, 7) is 5.05. The molecule has 0 saturated carbocycles. The highest BCUT2D eigenvalue weighted by Gasteiger charge is 2.31. The first kappa shape index (κ1) is 18.0. The number of carbonyl (C=O) groups is 1. The molecule has 22 heavy (non-hydrogen) atoms. The Bertz CT molecular complexity index is 577. The van der Waals surface area contributed by atoms with Crippen LogP contribution in [0, 0.1) is 0 Å². The quantitative estimate of drug-likeness (QED) is 0.592. The summed E-state index contributed by atoms with van der Waals surface area (Å²) in [5, 5.41) is 2.74. The van der Waals surface area contributed by atoms with Crippen molar-refractivity contribution in [2.75, 3.05) is 5.32 Å². The van der Waals surface area contributed by atoms with Crippen LogP contribution in [0.1, 0.15) is 25.3 Å². The summed E-state index contributed by atoms with van der Waals surface area (Å²) in [6, 6.07) is 6.84.